The van der Waals surface area contributed by atoms with Gasteiger partial charge in [-0.05, 0) is 85.8 Å². The fraction of sp³-hybridized carbons (Fsp3) is 0.375. The van der Waals surface area contributed by atoms with Crippen molar-refractivity contribution in [1.82, 2.24) is 0 Å². The van der Waals surface area contributed by atoms with Gasteiger partial charge in [-0.3, -0.25) is 0 Å². The summed E-state index contributed by atoms with van der Waals surface area (Å²) in [7, 11) is 0. The van der Waals surface area contributed by atoms with Crippen LogP contribution in [0.5, 0.6) is 5.75 Å². The molecule has 190 valence electrons. The maximum Gasteiger partial charge on any atom is 0.166 e. The van der Waals surface area contributed by atoms with Gasteiger partial charge in [0.1, 0.15) is 0 Å². The van der Waals surface area contributed by atoms with Crippen molar-refractivity contribution in [1.29, 1.82) is 0 Å². The molecular formula is C32H35F3O. The first kappa shape index (κ1) is 26.1. The van der Waals surface area contributed by atoms with Crippen molar-refractivity contribution in [3.05, 3.63) is 94.8 Å². The summed E-state index contributed by atoms with van der Waals surface area (Å²) in [5.41, 5.74) is 4.52. The summed E-state index contributed by atoms with van der Waals surface area (Å²) >= 11 is 0. The van der Waals surface area contributed by atoms with E-state index in [2.05, 4.69) is 13.0 Å². The van der Waals surface area contributed by atoms with Gasteiger partial charge in [0.25, 0.3) is 0 Å². The fourth-order valence-corrected chi connectivity index (χ4v) is 4.86. The first-order chi connectivity index (χ1) is 17.5. The number of halogens is 3. The maximum absolute atomic E-state index is 14.8. The Labute approximate surface area is 213 Å². The molecule has 1 aliphatic rings. The number of benzene rings is 3. The molecule has 0 bridgehead atoms. The van der Waals surface area contributed by atoms with Gasteiger partial charge < -0.3 is 4.74 Å². The molecule has 1 unspecified atom stereocenters. The SMILES string of the molecule is CCCCCOc1ccc(C2=CCC(CCc3ccc(-c4ccc(C)cc4)c(F)c3F)CC2)cc1F. The van der Waals surface area contributed by atoms with Crippen molar-refractivity contribution in [2.24, 2.45) is 5.92 Å². The fourth-order valence-electron chi connectivity index (χ4n) is 4.86. The summed E-state index contributed by atoms with van der Waals surface area (Å²) in [4.78, 5) is 0. The Morgan fingerprint density at radius 2 is 1.67 bits per heavy atom. The van der Waals surface area contributed by atoms with E-state index in [9.17, 15) is 13.2 Å². The molecule has 0 amide bonds. The van der Waals surface area contributed by atoms with Gasteiger partial charge in [0.15, 0.2) is 23.2 Å². The van der Waals surface area contributed by atoms with Crippen molar-refractivity contribution in [2.75, 3.05) is 6.61 Å². The Kier molecular flexibility index (Phi) is 8.90. The Morgan fingerprint density at radius 1 is 0.889 bits per heavy atom. The molecule has 0 radical (unpaired) electrons. The molecular weight excluding hydrogens is 457 g/mol. The molecule has 1 aliphatic carbocycles. The zero-order chi connectivity index (χ0) is 25.5. The van der Waals surface area contributed by atoms with Gasteiger partial charge in [0.05, 0.1) is 6.61 Å². The largest absolute Gasteiger partial charge is 0.491 e. The Morgan fingerprint density at radius 3 is 2.36 bits per heavy atom. The average molecular weight is 493 g/mol. The Balaban J connectivity index is 1.33. The van der Waals surface area contributed by atoms with Gasteiger partial charge >= 0.3 is 0 Å². The van der Waals surface area contributed by atoms with Crippen LogP contribution in [0.4, 0.5) is 13.2 Å². The zero-order valence-corrected chi connectivity index (χ0v) is 21.3. The van der Waals surface area contributed by atoms with Gasteiger partial charge in [-0.1, -0.05) is 73.9 Å². The van der Waals surface area contributed by atoms with Gasteiger partial charge in [0.2, 0.25) is 0 Å². The molecule has 0 saturated heterocycles. The second-order valence-corrected chi connectivity index (χ2v) is 9.88. The molecule has 4 rings (SSSR count). The molecule has 0 fully saturated rings. The number of unbranched alkanes of at least 4 members (excludes halogenated alkanes) is 2. The lowest BCUT2D eigenvalue weighted by molar-refractivity contribution is 0.291. The van der Waals surface area contributed by atoms with Crippen molar-refractivity contribution >= 4 is 5.57 Å². The number of hydrogen-bond donors (Lipinski definition) is 0. The first-order valence-corrected chi connectivity index (χ1v) is 13.1. The highest BCUT2D eigenvalue weighted by Crippen LogP contribution is 2.35. The van der Waals surface area contributed by atoms with Gasteiger partial charge in [-0.25, -0.2) is 13.2 Å². The molecule has 4 heteroatoms. The molecule has 0 aliphatic heterocycles. The van der Waals surface area contributed by atoms with Crippen LogP contribution >= 0.6 is 0 Å². The van der Waals surface area contributed by atoms with Crippen LogP contribution in [-0.2, 0) is 6.42 Å². The molecule has 0 heterocycles. The van der Waals surface area contributed by atoms with Gasteiger partial charge in [-0.2, -0.15) is 0 Å². The van der Waals surface area contributed by atoms with Crippen LogP contribution < -0.4 is 4.74 Å². The van der Waals surface area contributed by atoms with Crippen LogP contribution in [0.1, 0.15) is 68.6 Å². The standard InChI is InChI=1S/C32H35F3O/c1-3-4-5-20-36-30-19-17-27(21-29(30)33)24-13-8-23(9-14-24)10-15-26-16-18-28(32(35)31(26)34)25-11-6-22(2)7-12-25/h6-7,11-13,16-19,21,23H,3-5,8-10,14-15,20H2,1-2H3. The summed E-state index contributed by atoms with van der Waals surface area (Å²) in [6.45, 7) is 4.62. The van der Waals surface area contributed by atoms with Crippen LogP contribution in [0, 0.1) is 30.3 Å². The average Bonchev–Trinajstić information content (AvgIpc) is 2.89. The van der Waals surface area contributed by atoms with E-state index in [1.165, 1.54) is 0 Å². The summed E-state index contributed by atoms with van der Waals surface area (Å²) < 4.78 is 49.7. The minimum atomic E-state index is -0.776. The summed E-state index contributed by atoms with van der Waals surface area (Å²) in [6, 6.07) is 16.1. The predicted octanol–water partition coefficient (Wildman–Crippen LogP) is 9.46. The number of ether oxygens (including phenoxy) is 1. The lowest BCUT2D eigenvalue weighted by Gasteiger charge is -2.22. The van der Waals surface area contributed by atoms with Crippen LogP contribution in [0.3, 0.4) is 0 Å². The van der Waals surface area contributed by atoms with E-state index in [1.807, 2.05) is 37.3 Å². The van der Waals surface area contributed by atoms with E-state index in [0.717, 1.165) is 61.6 Å². The molecule has 36 heavy (non-hydrogen) atoms. The maximum atomic E-state index is 14.8. The predicted molar refractivity (Wildman–Crippen MR) is 142 cm³/mol. The second kappa shape index (κ2) is 12.3. The summed E-state index contributed by atoms with van der Waals surface area (Å²) in [6.07, 6.45) is 9.24. The molecule has 1 nitrogen and oxygen atoms in total. The Hall–Kier alpha value is -3.01. The molecule has 0 aromatic heterocycles. The van der Waals surface area contributed by atoms with Crippen LogP contribution in [-0.4, -0.2) is 6.61 Å². The smallest absolute Gasteiger partial charge is 0.166 e. The summed E-state index contributed by atoms with van der Waals surface area (Å²) in [5, 5.41) is 0. The highest BCUT2D eigenvalue weighted by atomic mass is 19.2. The molecule has 1 atom stereocenters. The third-order valence-corrected chi connectivity index (χ3v) is 7.17. The molecule has 0 spiro atoms. The minimum Gasteiger partial charge on any atom is -0.491 e. The quantitative estimate of drug-likeness (QED) is 0.256. The first-order valence-electron chi connectivity index (χ1n) is 13.1. The van der Waals surface area contributed by atoms with E-state index in [4.69, 9.17) is 4.74 Å². The molecule has 3 aromatic carbocycles. The monoisotopic (exact) mass is 492 g/mol. The second-order valence-electron chi connectivity index (χ2n) is 9.88. The van der Waals surface area contributed by atoms with E-state index in [-0.39, 0.29) is 5.82 Å². The van der Waals surface area contributed by atoms with Crippen LogP contribution in [0.25, 0.3) is 16.7 Å². The van der Waals surface area contributed by atoms with Crippen molar-refractivity contribution in [2.45, 2.75) is 65.2 Å². The lowest BCUT2D eigenvalue weighted by Crippen LogP contribution is -2.08. The van der Waals surface area contributed by atoms with Crippen molar-refractivity contribution in [3.8, 4) is 16.9 Å². The summed E-state index contributed by atoms with van der Waals surface area (Å²) in [5.74, 6) is -1.13. The van der Waals surface area contributed by atoms with E-state index in [0.29, 0.717) is 41.4 Å². The number of allylic oxidation sites excluding steroid dienone is 2. The molecule has 0 saturated carbocycles. The van der Waals surface area contributed by atoms with E-state index in [1.54, 1.807) is 24.3 Å². The third-order valence-electron chi connectivity index (χ3n) is 7.17. The number of rotatable bonds is 10. The highest BCUT2D eigenvalue weighted by molar-refractivity contribution is 5.67. The van der Waals surface area contributed by atoms with E-state index >= 15 is 0 Å². The van der Waals surface area contributed by atoms with Crippen LogP contribution in [0.2, 0.25) is 0 Å². The van der Waals surface area contributed by atoms with Gasteiger partial charge in [-0.15, -0.1) is 0 Å². The van der Waals surface area contributed by atoms with Crippen LogP contribution in [0.15, 0.2) is 60.7 Å². The Bertz CT molecular complexity index is 1200. The number of aryl methyl sites for hydroxylation is 2. The zero-order valence-electron chi connectivity index (χ0n) is 21.3. The van der Waals surface area contributed by atoms with E-state index < -0.39 is 11.6 Å². The highest BCUT2D eigenvalue weighted by Gasteiger charge is 2.19. The minimum absolute atomic E-state index is 0.297. The van der Waals surface area contributed by atoms with Crippen molar-refractivity contribution < 1.29 is 17.9 Å². The van der Waals surface area contributed by atoms with Gasteiger partial charge in [0, 0.05) is 5.56 Å². The topological polar surface area (TPSA) is 9.23 Å². The van der Waals surface area contributed by atoms with Crippen molar-refractivity contribution in [3.63, 3.8) is 0 Å². The third kappa shape index (κ3) is 6.40. The number of hydrogen-bond acceptors (Lipinski definition) is 1. The molecule has 0 N–H and O–H groups in total. The molecule has 3 aromatic rings. The lowest BCUT2D eigenvalue weighted by atomic mass is 9.83. The normalized spacial score (nSPS) is 15.6.